The number of carbonyl (C=O) groups excluding carboxylic acids is 1. The quantitative estimate of drug-likeness (QED) is 0.809. The van der Waals surface area contributed by atoms with E-state index in [-0.39, 0.29) is 5.91 Å². The van der Waals surface area contributed by atoms with Gasteiger partial charge in [-0.05, 0) is 30.5 Å². The van der Waals surface area contributed by atoms with Crippen LogP contribution in [0.15, 0.2) is 24.3 Å². The first kappa shape index (κ1) is 16.4. The second-order valence-electron chi connectivity index (χ2n) is 5.00. The highest BCUT2D eigenvalue weighted by atomic mass is 32.1. The fourth-order valence-corrected chi connectivity index (χ4v) is 2.72. The topological polar surface area (TPSA) is 64.1 Å². The van der Waals surface area contributed by atoms with E-state index in [2.05, 4.69) is 22.4 Å². The number of amides is 1. The van der Waals surface area contributed by atoms with Gasteiger partial charge < -0.3 is 10.1 Å². The average molecular weight is 319 g/mol. The summed E-state index contributed by atoms with van der Waals surface area (Å²) in [5.74, 6) is 0.872. The van der Waals surface area contributed by atoms with Gasteiger partial charge in [0.2, 0.25) is 11.0 Å². The number of aryl methyl sites for hydroxylation is 2. The van der Waals surface area contributed by atoms with Crippen LogP contribution in [0, 0.1) is 0 Å². The number of rotatable bonds is 8. The molecule has 0 saturated heterocycles. The van der Waals surface area contributed by atoms with Crippen LogP contribution in [0.4, 0.5) is 5.13 Å². The van der Waals surface area contributed by atoms with Gasteiger partial charge in [0, 0.05) is 12.8 Å². The van der Waals surface area contributed by atoms with Crippen LogP contribution in [-0.2, 0) is 17.6 Å². The Bertz CT molecular complexity index is 596. The van der Waals surface area contributed by atoms with Crippen LogP contribution in [0.3, 0.4) is 0 Å². The van der Waals surface area contributed by atoms with Gasteiger partial charge in [0.05, 0.1) is 7.11 Å². The number of benzene rings is 1. The molecule has 0 radical (unpaired) electrons. The van der Waals surface area contributed by atoms with Crippen molar-refractivity contribution in [2.24, 2.45) is 0 Å². The predicted molar refractivity (Wildman–Crippen MR) is 88.5 cm³/mol. The molecule has 0 aliphatic carbocycles. The van der Waals surface area contributed by atoms with Gasteiger partial charge in [-0.15, -0.1) is 10.2 Å². The van der Waals surface area contributed by atoms with Crippen LogP contribution in [0.25, 0.3) is 0 Å². The van der Waals surface area contributed by atoms with Crippen LogP contribution in [0.2, 0.25) is 0 Å². The van der Waals surface area contributed by atoms with Crippen molar-refractivity contribution < 1.29 is 9.53 Å². The molecule has 0 atom stereocenters. The number of methoxy groups -OCH3 is 1. The second-order valence-corrected chi connectivity index (χ2v) is 6.06. The number of aromatic nitrogens is 2. The van der Waals surface area contributed by atoms with Crippen molar-refractivity contribution in [3.63, 3.8) is 0 Å². The molecule has 2 aromatic rings. The smallest absolute Gasteiger partial charge is 0.226 e. The van der Waals surface area contributed by atoms with Crippen molar-refractivity contribution in [3.05, 3.63) is 34.8 Å². The Morgan fingerprint density at radius 3 is 2.68 bits per heavy atom. The summed E-state index contributed by atoms with van der Waals surface area (Å²) in [5, 5.41) is 12.5. The molecule has 1 aromatic carbocycles. The molecular weight excluding hydrogens is 298 g/mol. The summed E-state index contributed by atoms with van der Waals surface area (Å²) >= 11 is 1.44. The van der Waals surface area contributed by atoms with Crippen LogP contribution < -0.4 is 10.1 Å². The molecule has 2 rings (SSSR count). The molecule has 22 heavy (non-hydrogen) atoms. The number of carbonyl (C=O) groups is 1. The van der Waals surface area contributed by atoms with Gasteiger partial charge in [0.25, 0.3) is 0 Å². The zero-order valence-electron chi connectivity index (χ0n) is 13.0. The van der Waals surface area contributed by atoms with Gasteiger partial charge >= 0.3 is 0 Å². The first-order chi connectivity index (χ1) is 10.7. The van der Waals surface area contributed by atoms with Crippen LogP contribution in [0.1, 0.15) is 36.8 Å². The summed E-state index contributed by atoms with van der Waals surface area (Å²) in [7, 11) is 1.66. The Labute approximate surface area is 134 Å². The van der Waals surface area contributed by atoms with E-state index in [1.165, 1.54) is 16.9 Å². The molecule has 0 bridgehead atoms. The zero-order valence-corrected chi connectivity index (χ0v) is 13.8. The van der Waals surface area contributed by atoms with Crippen molar-refractivity contribution in [1.82, 2.24) is 10.2 Å². The number of anilines is 1. The minimum Gasteiger partial charge on any atom is -0.497 e. The third-order valence-corrected chi connectivity index (χ3v) is 4.16. The highest BCUT2D eigenvalue weighted by Gasteiger charge is 2.08. The lowest BCUT2D eigenvalue weighted by molar-refractivity contribution is -0.116. The molecule has 0 unspecified atom stereocenters. The zero-order chi connectivity index (χ0) is 15.8. The van der Waals surface area contributed by atoms with Gasteiger partial charge in [-0.1, -0.05) is 36.8 Å². The molecule has 1 aromatic heterocycles. The standard InChI is InChI=1S/C16H21N3O2S/c1-3-4-5-14(20)17-16-19-18-15(22-16)11-8-12-6-9-13(21-2)10-7-12/h6-7,9-10H,3-5,8,11H2,1-2H3,(H,17,19,20). The molecule has 0 fully saturated rings. The minimum atomic E-state index is 0.0136. The summed E-state index contributed by atoms with van der Waals surface area (Å²) in [5.41, 5.74) is 1.23. The van der Waals surface area contributed by atoms with Crippen molar-refractivity contribution in [1.29, 1.82) is 0 Å². The van der Waals surface area contributed by atoms with E-state index in [9.17, 15) is 4.79 Å². The van der Waals surface area contributed by atoms with Crippen molar-refractivity contribution >= 4 is 22.4 Å². The van der Waals surface area contributed by atoms with Gasteiger partial charge in [-0.3, -0.25) is 4.79 Å². The molecule has 0 saturated carbocycles. The van der Waals surface area contributed by atoms with E-state index >= 15 is 0 Å². The number of hydrogen-bond acceptors (Lipinski definition) is 5. The van der Waals surface area contributed by atoms with Crippen LogP contribution in [-0.4, -0.2) is 23.2 Å². The Kier molecular flexibility index (Phi) is 6.33. The van der Waals surface area contributed by atoms with Gasteiger partial charge in [-0.2, -0.15) is 0 Å². The summed E-state index contributed by atoms with van der Waals surface area (Å²) in [4.78, 5) is 11.6. The first-order valence-corrected chi connectivity index (χ1v) is 8.28. The van der Waals surface area contributed by atoms with E-state index in [0.29, 0.717) is 11.6 Å². The highest BCUT2D eigenvalue weighted by Crippen LogP contribution is 2.18. The van der Waals surface area contributed by atoms with Crippen LogP contribution in [0.5, 0.6) is 5.75 Å². The van der Waals surface area contributed by atoms with Crippen LogP contribution >= 0.6 is 11.3 Å². The van der Waals surface area contributed by atoms with E-state index in [1.54, 1.807) is 7.11 Å². The first-order valence-electron chi connectivity index (χ1n) is 7.46. The van der Waals surface area contributed by atoms with E-state index in [0.717, 1.165) is 36.4 Å². The largest absolute Gasteiger partial charge is 0.497 e. The number of nitrogens with one attached hydrogen (secondary N) is 1. The lowest BCUT2D eigenvalue weighted by atomic mass is 10.1. The minimum absolute atomic E-state index is 0.0136. The maximum absolute atomic E-state index is 11.6. The number of unbranched alkanes of at least 4 members (excludes halogenated alkanes) is 1. The molecule has 0 aliphatic rings. The average Bonchev–Trinajstić information content (AvgIpc) is 2.99. The maximum atomic E-state index is 11.6. The second kappa shape index (κ2) is 8.48. The molecule has 5 nitrogen and oxygen atoms in total. The van der Waals surface area contributed by atoms with E-state index < -0.39 is 0 Å². The van der Waals surface area contributed by atoms with Gasteiger partial charge in [0.1, 0.15) is 10.8 Å². The Balaban J connectivity index is 1.82. The normalized spacial score (nSPS) is 10.5. The summed E-state index contributed by atoms with van der Waals surface area (Å²) in [6.45, 7) is 2.06. The lowest BCUT2D eigenvalue weighted by Crippen LogP contribution is -2.10. The van der Waals surface area contributed by atoms with Gasteiger partial charge in [-0.25, -0.2) is 0 Å². The summed E-state index contributed by atoms with van der Waals surface area (Å²) < 4.78 is 5.14. The predicted octanol–water partition coefficient (Wildman–Crippen LogP) is 3.46. The molecular formula is C16H21N3O2S. The Morgan fingerprint density at radius 2 is 2.00 bits per heavy atom. The van der Waals surface area contributed by atoms with E-state index in [1.807, 2.05) is 24.3 Å². The monoisotopic (exact) mass is 319 g/mol. The molecule has 118 valence electrons. The van der Waals surface area contributed by atoms with Crippen molar-refractivity contribution in [2.75, 3.05) is 12.4 Å². The molecule has 1 amide bonds. The third kappa shape index (κ3) is 5.11. The molecule has 0 aliphatic heterocycles. The molecule has 1 heterocycles. The molecule has 6 heteroatoms. The number of hydrogen-bond donors (Lipinski definition) is 1. The fraction of sp³-hybridized carbons (Fsp3) is 0.438. The fourth-order valence-electron chi connectivity index (χ4n) is 1.97. The maximum Gasteiger partial charge on any atom is 0.226 e. The summed E-state index contributed by atoms with van der Waals surface area (Å²) in [6, 6.07) is 8.00. The third-order valence-electron chi connectivity index (χ3n) is 3.26. The highest BCUT2D eigenvalue weighted by molar-refractivity contribution is 7.15. The SMILES string of the molecule is CCCCC(=O)Nc1nnc(CCc2ccc(OC)cc2)s1. The lowest BCUT2D eigenvalue weighted by Gasteiger charge is -2.01. The molecule has 0 spiro atoms. The number of nitrogens with zero attached hydrogens (tertiary/aromatic N) is 2. The van der Waals surface area contributed by atoms with Crippen molar-refractivity contribution in [2.45, 2.75) is 39.0 Å². The molecule has 1 N–H and O–H groups in total. The Morgan fingerprint density at radius 1 is 1.23 bits per heavy atom. The van der Waals surface area contributed by atoms with Crippen molar-refractivity contribution in [3.8, 4) is 5.75 Å². The summed E-state index contributed by atoms with van der Waals surface area (Å²) in [6.07, 6.45) is 4.15. The van der Waals surface area contributed by atoms with E-state index in [4.69, 9.17) is 4.74 Å². The Hall–Kier alpha value is -1.95. The van der Waals surface area contributed by atoms with Gasteiger partial charge in [0.15, 0.2) is 0 Å². The number of ether oxygens (including phenoxy) is 1.